The van der Waals surface area contributed by atoms with E-state index in [0.29, 0.717) is 24.9 Å². The largest absolute Gasteiger partial charge is 0.355 e. The highest BCUT2D eigenvalue weighted by molar-refractivity contribution is 5.76. The lowest BCUT2D eigenvalue weighted by Gasteiger charge is -2.15. The number of likely N-dealkylation sites (N-methyl/N-ethyl adjacent to an activating group) is 1. The van der Waals surface area contributed by atoms with Crippen LogP contribution >= 0.6 is 0 Å². The summed E-state index contributed by atoms with van der Waals surface area (Å²) in [6, 6.07) is 8.92. The van der Waals surface area contributed by atoms with Gasteiger partial charge in [0.15, 0.2) is 0 Å². The number of hydrogen-bond acceptors (Lipinski definition) is 2. The van der Waals surface area contributed by atoms with E-state index in [-0.39, 0.29) is 11.8 Å². The van der Waals surface area contributed by atoms with Crippen LogP contribution in [-0.4, -0.2) is 25.5 Å². The van der Waals surface area contributed by atoms with Gasteiger partial charge in [-0.2, -0.15) is 0 Å². The molecule has 3 nitrogen and oxygen atoms in total. The number of hydrogen-bond donors (Lipinski definition) is 2. The SMILES string of the molecule is CNC(C)CNC(=O)CC(C)c1ccc(C(C)C)cc1. The Morgan fingerprint density at radius 2 is 1.60 bits per heavy atom. The van der Waals surface area contributed by atoms with Gasteiger partial charge < -0.3 is 10.6 Å². The first-order valence-corrected chi connectivity index (χ1v) is 7.47. The maximum Gasteiger partial charge on any atom is 0.220 e. The van der Waals surface area contributed by atoms with E-state index in [1.165, 1.54) is 11.1 Å². The molecule has 2 N–H and O–H groups in total. The zero-order chi connectivity index (χ0) is 15.1. The summed E-state index contributed by atoms with van der Waals surface area (Å²) >= 11 is 0. The van der Waals surface area contributed by atoms with Crippen LogP contribution in [0, 0.1) is 0 Å². The molecule has 0 bridgehead atoms. The summed E-state index contributed by atoms with van der Waals surface area (Å²) < 4.78 is 0. The molecule has 3 heteroatoms. The van der Waals surface area contributed by atoms with Crippen LogP contribution in [0.15, 0.2) is 24.3 Å². The molecule has 2 atom stereocenters. The Balaban J connectivity index is 2.49. The van der Waals surface area contributed by atoms with Crippen molar-refractivity contribution in [2.24, 2.45) is 0 Å². The van der Waals surface area contributed by atoms with Crippen LogP contribution in [0.25, 0.3) is 0 Å². The van der Waals surface area contributed by atoms with E-state index in [1.54, 1.807) is 0 Å². The third-order valence-electron chi connectivity index (χ3n) is 3.76. The van der Waals surface area contributed by atoms with E-state index in [2.05, 4.69) is 55.7 Å². The Bertz CT molecular complexity index is 412. The molecule has 0 aromatic heterocycles. The third kappa shape index (κ3) is 5.33. The Hall–Kier alpha value is -1.35. The Labute approximate surface area is 123 Å². The Kier molecular flexibility index (Phi) is 6.73. The van der Waals surface area contributed by atoms with Crippen LogP contribution in [0.4, 0.5) is 0 Å². The quantitative estimate of drug-likeness (QED) is 0.803. The smallest absolute Gasteiger partial charge is 0.220 e. The molecule has 0 fully saturated rings. The zero-order valence-electron chi connectivity index (χ0n) is 13.4. The van der Waals surface area contributed by atoms with Gasteiger partial charge >= 0.3 is 0 Å². The lowest BCUT2D eigenvalue weighted by Crippen LogP contribution is -2.37. The second-order valence-corrected chi connectivity index (χ2v) is 5.92. The molecule has 0 heterocycles. The average molecular weight is 276 g/mol. The van der Waals surface area contributed by atoms with Crippen molar-refractivity contribution in [3.8, 4) is 0 Å². The van der Waals surface area contributed by atoms with Crippen molar-refractivity contribution in [1.82, 2.24) is 10.6 Å². The summed E-state index contributed by atoms with van der Waals surface area (Å²) in [7, 11) is 1.90. The minimum Gasteiger partial charge on any atom is -0.355 e. The highest BCUT2D eigenvalue weighted by Crippen LogP contribution is 2.22. The van der Waals surface area contributed by atoms with Gasteiger partial charge in [-0.05, 0) is 36.9 Å². The predicted octanol–water partition coefficient (Wildman–Crippen LogP) is 3.03. The molecular formula is C17H28N2O. The van der Waals surface area contributed by atoms with Crippen molar-refractivity contribution in [3.63, 3.8) is 0 Å². The summed E-state index contributed by atoms with van der Waals surface area (Å²) in [5.74, 6) is 0.916. The topological polar surface area (TPSA) is 41.1 Å². The summed E-state index contributed by atoms with van der Waals surface area (Å²) in [5, 5.41) is 6.07. The van der Waals surface area contributed by atoms with Crippen molar-refractivity contribution in [1.29, 1.82) is 0 Å². The zero-order valence-corrected chi connectivity index (χ0v) is 13.4. The van der Waals surface area contributed by atoms with Crippen LogP contribution in [0.5, 0.6) is 0 Å². The van der Waals surface area contributed by atoms with Gasteiger partial charge in [-0.25, -0.2) is 0 Å². The van der Waals surface area contributed by atoms with Gasteiger partial charge in [0.2, 0.25) is 5.91 Å². The molecular weight excluding hydrogens is 248 g/mol. The highest BCUT2D eigenvalue weighted by atomic mass is 16.1. The van der Waals surface area contributed by atoms with E-state index >= 15 is 0 Å². The van der Waals surface area contributed by atoms with Crippen molar-refractivity contribution in [2.75, 3.05) is 13.6 Å². The molecule has 0 radical (unpaired) electrons. The van der Waals surface area contributed by atoms with Crippen LogP contribution in [0.3, 0.4) is 0 Å². The lowest BCUT2D eigenvalue weighted by atomic mass is 9.94. The van der Waals surface area contributed by atoms with Gasteiger partial charge in [0.25, 0.3) is 0 Å². The number of nitrogens with one attached hydrogen (secondary N) is 2. The molecule has 0 spiro atoms. The number of rotatable bonds is 7. The monoisotopic (exact) mass is 276 g/mol. The molecule has 0 aliphatic heterocycles. The maximum absolute atomic E-state index is 11.9. The van der Waals surface area contributed by atoms with Crippen LogP contribution < -0.4 is 10.6 Å². The minimum absolute atomic E-state index is 0.118. The van der Waals surface area contributed by atoms with E-state index in [9.17, 15) is 4.79 Å². The average Bonchev–Trinajstić information content (AvgIpc) is 2.44. The summed E-state index contributed by atoms with van der Waals surface area (Å²) in [4.78, 5) is 11.9. The van der Waals surface area contributed by atoms with Crippen molar-refractivity contribution in [3.05, 3.63) is 35.4 Å². The molecule has 0 aliphatic rings. The molecule has 2 unspecified atom stereocenters. The number of amides is 1. The van der Waals surface area contributed by atoms with Crippen molar-refractivity contribution < 1.29 is 4.79 Å². The van der Waals surface area contributed by atoms with Gasteiger partial charge in [-0.15, -0.1) is 0 Å². The first-order chi connectivity index (χ1) is 9.43. The number of carbonyl (C=O) groups excluding carboxylic acids is 1. The molecule has 0 saturated heterocycles. The molecule has 0 saturated carbocycles. The van der Waals surface area contributed by atoms with Gasteiger partial charge in [0.1, 0.15) is 0 Å². The van der Waals surface area contributed by atoms with Gasteiger partial charge in [0.05, 0.1) is 0 Å². The lowest BCUT2D eigenvalue weighted by molar-refractivity contribution is -0.121. The van der Waals surface area contributed by atoms with E-state index < -0.39 is 0 Å². The molecule has 1 rings (SSSR count). The molecule has 112 valence electrons. The second kappa shape index (κ2) is 8.05. The maximum atomic E-state index is 11.9. The van der Waals surface area contributed by atoms with Crippen LogP contribution in [0.2, 0.25) is 0 Å². The van der Waals surface area contributed by atoms with Gasteiger partial charge in [-0.3, -0.25) is 4.79 Å². The first-order valence-electron chi connectivity index (χ1n) is 7.47. The minimum atomic E-state index is 0.118. The van der Waals surface area contributed by atoms with E-state index in [1.807, 2.05) is 14.0 Å². The van der Waals surface area contributed by atoms with Gasteiger partial charge in [-0.1, -0.05) is 45.0 Å². The third-order valence-corrected chi connectivity index (χ3v) is 3.76. The molecule has 20 heavy (non-hydrogen) atoms. The van der Waals surface area contributed by atoms with E-state index in [4.69, 9.17) is 0 Å². The molecule has 0 aliphatic carbocycles. The fraction of sp³-hybridized carbons (Fsp3) is 0.588. The van der Waals surface area contributed by atoms with Crippen molar-refractivity contribution in [2.45, 2.75) is 52.0 Å². The fourth-order valence-electron chi connectivity index (χ4n) is 2.05. The number of benzene rings is 1. The molecule has 1 amide bonds. The summed E-state index contributed by atoms with van der Waals surface area (Å²) in [6.45, 7) is 9.21. The molecule has 1 aromatic rings. The standard InChI is InChI=1S/C17H28N2O/c1-12(2)15-6-8-16(9-7-15)13(3)10-17(20)19-11-14(4)18-5/h6-9,12-14,18H,10-11H2,1-5H3,(H,19,20). The van der Waals surface area contributed by atoms with E-state index in [0.717, 1.165) is 0 Å². The highest BCUT2D eigenvalue weighted by Gasteiger charge is 2.12. The first kappa shape index (κ1) is 16.7. The normalized spacial score (nSPS) is 14.1. The van der Waals surface area contributed by atoms with Crippen LogP contribution in [-0.2, 0) is 4.79 Å². The van der Waals surface area contributed by atoms with Crippen molar-refractivity contribution >= 4 is 5.91 Å². The fourth-order valence-corrected chi connectivity index (χ4v) is 2.05. The predicted molar refractivity (Wildman–Crippen MR) is 85.1 cm³/mol. The summed E-state index contributed by atoms with van der Waals surface area (Å²) in [5.41, 5.74) is 2.57. The number of carbonyl (C=O) groups is 1. The van der Waals surface area contributed by atoms with Crippen LogP contribution in [0.1, 0.15) is 57.1 Å². The van der Waals surface area contributed by atoms with Gasteiger partial charge in [0, 0.05) is 19.0 Å². The summed E-state index contributed by atoms with van der Waals surface area (Å²) in [6.07, 6.45) is 0.539. The Morgan fingerprint density at radius 1 is 1.05 bits per heavy atom. The Morgan fingerprint density at radius 3 is 2.10 bits per heavy atom. The second-order valence-electron chi connectivity index (χ2n) is 5.92. The molecule has 1 aromatic carbocycles.